The summed E-state index contributed by atoms with van der Waals surface area (Å²) in [4.78, 5) is 43.6. The standard InChI is InChI=1S/C28H33N3O4S/c1-5-20(2)16-30(28(33)24-13-11-21(3)26(15-24)31(34)35)19-27(32)29(17-23-9-7-6-8-10-23)18-25-14-12-22(4)36-25/h6-15,20H,5,16-19H2,1-4H3. The van der Waals surface area contributed by atoms with E-state index in [2.05, 4.69) is 0 Å². The van der Waals surface area contributed by atoms with Gasteiger partial charge in [0.1, 0.15) is 6.54 Å². The Kier molecular flexibility index (Phi) is 9.36. The van der Waals surface area contributed by atoms with E-state index in [-0.39, 0.29) is 35.5 Å². The zero-order valence-corrected chi connectivity index (χ0v) is 22.1. The normalized spacial score (nSPS) is 11.7. The summed E-state index contributed by atoms with van der Waals surface area (Å²) < 4.78 is 0. The molecular weight excluding hydrogens is 474 g/mol. The zero-order chi connectivity index (χ0) is 26.2. The van der Waals surface area contributed by atoms with E-state index in [9.17, 15) is 19.7 Å². The van der Waals surface area contributed by atoms with Crippen LogP contribution in [-0.4, -0.2) is 39.6 Å². The molecule has 0 aliphatic heterocycles. The van der Waals surface area contributed by atoms with Gasteiger partial charge < -0.3 is 9.80 Å². The molecule has 1 atom stereocenters. The number of hydrogen-bond acceptors (Lipinski definition) is 5. The number of nitro groups is 1. The minimum absolute atomic E-state index is 0.0952. The van der Waals surface area contributed by atoms with Crippen LogP contribution < -0.4 is 0 Å². The van der Waals surface area contributed by atoms with Crippen LogP contribution in [-0.2, 0) is 17.9 Å². The number of amides is 2. The monoisotopic (exact) mass is 507 g/mol. The third kappa shape index (κ3) is 7.24. The lowest BCUT2D eigenvalue weighted by Gasteiger charge is -2.29. The van der Waals surface area contributed by atoms with Gasteiger partial charge in [0.25, 0.3) is 11.6 Å². The van der Waals surface area contributed by atoms with Crippen LogP contribution in [0.15, 0.2) is 60.7 Å². The molecule has 8 heteroatoms. The van der Waals surface area contributed by atoms with E-state index >= 15 is 0 Å². The van der Waals surface area contributed by atoms with E-state index in [1.54, 1.807) is 35.3 Å². The molecule has 36 heavy (non-hydrogen) atoms. The van der Waals surface area contributed by atoms with Gasteiger partial charge in [0.15, 0.2) is 0 Å². The van der Waals surface area contributed by atoms with Gasteiger partial charge in [-0.15, -0.1) is 11.3 Å². The third-order valence-electron chi connectivity index (χ3n) is 6.21. The molecule has 3 aromatic rings. The molecule has 0 radical (unpaired) electrons. The molecule has 0 saturated heterocycles. The van der Waals surface area contributed by atoms with Crippen molar-refractivity contribution in [2.45, 2.75) is 47.2 Å². The molecule has 7 nitrogen and oxygen atoms in total. The summed E-state index contributed by atoms with van der Waals surface area (Å²) >= 11 is 1.65. The van der Waals surface area contributed by atoms with Gasteiger partial charge in [0.05, 0.1) is 11.5 Å². The molecule has 1 unspecified atom stereocenters. The van der Waals surface area contributed by atoms with Crippen molar-refractivity contribution in [3.8, 4) is 0 Å². The van der Waals surface area contributed by atoms with E-state index in [1.807, 2.05) is 63.2 Å². The maximum atomic E-state index is 13.6. The molecule has 0 N–H and O–H groups in total. The molecule has 3 rings (SSSR count). The first-order valence-electron chi connectivity index (χ1n) is 12.1. The molecule has 0 aliphatic rings. The lowest BCUT2D eigenvalue weighted by atomic mass is 10.1. The van der Waals surface area contributed by atoms with Crippen molar-refractivity contribution >= 4 is 28.8 Å². The number of nitrogens with zero attached hydrogens (tertiary/aromatic N) is 3. The number of benzene rings is 2. The van der Waals surface area contributed by atoms with Crippen LogP contribution in [0.25, 0.3) is 0 Å². The topological polar surface area (TPSA) is 83.8 Å². The lowest BCUT2D eigenvalue weighted by Crippen LogP contribution is -2.44. The number of carbonyl (C=O) groups excluding carboxylic acids is 2. The zero-order valence-electron chi connectivity index (χ0n) is 21.3. The Hall–Kier alpha value is -3.52. The Bertz CT molecular complexity index is 1210. The fourth-order valence-electron chi connectivity index (χ4n) is 3.90. The largest absolute Gasteiger partial charge is 0.332 e. The summed E-state index contributed by atoms with van der Waals surface area (Å²) in [7, 11) is 0. The fourth-order valence-corrected chi connectivity index (χ4v) is 4.81. The second-order valence-corrected chi connectivity index (χ2v) is 10.6. The van der Waals surface area contributed by atoms with Crippen molar-refractivity contribution in [2.24, 2.45) is 5.92 Å². The number of aryl methyl sites for hydroxylation is 2. The Morgan fingerprint density at radius 3 is 2.33 bits per heavy atom. The van der Waals surface area contributed by atoms with Gasteiger partial charge in [-0.3, -0.25) is 19.7 Å². The molecule has 0 aliphatic carbocycles. The number of carbonyl (C=O) groups is 2. The van der Waals surface area contributed by atoms with Crippen LogP contribution >= 0.6 is 11.3 Å². The van der Waals surface area contributed by atoms with Gasteiger partial charge in [-0.05, 0) is 43.5 Å². The summed E-state index contributed by atoms with van der Waals surface area (Å²) in [6.07, 6.45) is 0.841. The van der Waals surface area contributed by atoms with Crippen LogP contribution in [0, 0.1) is 29.9 Å². The highest BCUT2D eigenvalue weighted by Gasteiger charge is 2.26. The molecule has 2 amide bonds. The average Bonchev–Trinajstić information content (AvgIpc) is 3.27. The van der Waals surface area contributed by atoms with Crippen LogP contribution in [0.5, 0.6) is 0 Å². The van der Waals surface area contributed by atoms with E-state index in [1.165, 1.54) is 15.8 Å². The first-order valence-corrected chi connectivity index (χ1v) is 12.9. The Morgan fingerprint density at radius 1 is 1.00 bits per heavy atom. The first-order chi connectivity index (χ1) is 17.2. The van der Waals surface area contributed by atoms with Gasteiger partial charge in [0.2, 0.25) is 5.91 Å². The molecule has 0 spiro atoms. The molecule has 0 bridgehead atoms. The molecule has 190 valence electrons. The quantitative estimate of drug-likeness (QED) is 0.236. The fraction of sp³-hybridized carbons (Fsp3) is 0.357. The predicted octanol–water partition coefficient (Wildman–Crippen LogP) is 5.99. The van der Waals surface area contributed by atoms with Gasteiger partial charge in [-0.25, -0.2) is 0 Å². The summed E-state index contributed by atoms with van der Waals surface area (Å²) in [5.41, 5.74) is 1.61. The van der Waals surface area contributed by atoms with Crippen molar-refractivity contribution in [1.82, 2.24) is 9.80 Å². The summed E-state index contributed by atoms with van der Waals surface area (Å²) in [6, 6.07) is 18.3. The Balaban J connectivity index is 1.88. The van der Waals surface area contributed by atoms with Crippen molar-refractivity contribution < 1.29 is 14.5 Å². The van der Waals surface area contributed by atoms with Crippen molar-refractivity contribution in [1.29, 1.82) is 0 Å². The number of rotatable bonds is 11. The molecular formula is C28H33N3O4S. The van der Waals surface area contributed by atoms with Crippen LogP contribution in [0.4, 0.5) is 5.69 Å². The maximum Gasteiger partial charge on any atom is 0.273 e. The van der Waals surface area contributed by atoms with Crippen LogP contribution in [0.3, 0.4) is 0 Å². The maximum absolute atomic E-state index is 13.6. The summed E-state index contributed by atoms with van der Waals surface area (Å²) in [5, 5.41) is 11.4. The van der Waals surface area contributed by atoms with E-state index in [4.69, 9.17) is 0 Å². The van der Waals surface area contributed by atoms with Gasteiger partial charge in [-0.1, -0.05) is 56.7 Å². The number of nitro benzene ring substituents is 1. The van der Waals surface area contributed by atoms with Gasteiger partial charge in [-0.2, -0.15) is 0 Å². The van der Waals surface area contributed by atoms with E-state index in [0.717, 1.165) is 16.9 Å². The summed E-state index contributed by atoms with van der Waals surface area (Å²) in [6.45, 7) is 8.91. The third-order valence-corrected chi connectivity index (χ3v) is 7.19. The molecule has 1 heterocycles. The first kappa shape index (κ1) is 27.1. The highest BCUT2D eigenvalue weighted by atomic mass is 32.1. The number of thiophene rings is 1. The minimum Gasteiger partial charge on any atom is -0.332 e. The highest BCUT2D eigenvalue weighted by Crippen LogP contribution is 2.22. The second kappa shape index (κ2) is 12.4. The molecule has 2 aromatic carbocycles. The Labute approximate surface area is 216 Å². The van der Waals surface area contributed by atoms with Crippen molar-refractivity contribution in [3.63, 3.8) is 0 Å². The van der Waals surface area contributed by atoms with E-state index in [0.29, 0.717) is 25.2 Å². The molecule has 1 aromatic heterocycles. The lowest BCUT2D eigenvalue weighted by molar-refractivity contribution is -0.385. The van der Waals surface area contributed by atoms with Gasteiger partial charge >= 0.3 is 0 Å². The van der Waals surface area contributed by atoms with Crippen molar-refractivity contribution in [2.75, 3.05) is 13.1 Å². The smallest absolute Gasteiger partial charge is 0.273 e. The summed E-state index contributed by atoms with van der Waals surface area (Å²) in [5.74, 6) is -0.369. The van der Waals surface area contributed by atoms with Crippen LogP contribution in [0.2, 0.25) is 0 Å². The minimum atomic E-state index is -0.485. The Morgan fingerprint density at radius 2 is 1.72 bits per heavy atom. The van der Waals surface area contributed by atoms with Gasteiger partial charge in [0, 0.05) is 40.0 Å². The second-order valence-electron chi connectivity index (χ2n) is 9.21. The number of hydrogen-bond donors (Lipinski definition) is 0. The van der Waals surface area contributed by atoms with Crippen molar-refractivity contribution in [3.05, 3.63) is 97.2 Å². The predicted molar refractivity (Wildman–Crippen MR) is 143 cm³/mol. The average molecular weight is 508 g/mol. The highest BCUT2D eigenvalue weighted by molar-refractivity contribution is 7.11. The van der Waals surface area contributed by atoms with E-state index < -0.39 is 4.92 Å². The molecule has 0 saturated carbocycles. The van der Waals surface area contributed by atoms with Crippen LogP contribution in [0.1, 0.15) is 51.5 Å². The molecule has 0 fully saturated rings. The SMILES string of the molecule is CCC(C)CN(CC(=O)N(Cc1ccccc1)Cc1ccc(C)s1)C(=O)c1ccc(C)c([N+](=O)[O-])c1.